The maximum absolute atomic E-state index is 12.6. The van der Waals surface area contributed by atoms with Gasteiger partial charge in [0.15, 0.2) is 5.78 Å². The van der Waals surface area contributed by atoms with Crippen LogP contribution >= 0.6 is 0 Å². The molecule has 1 N–H and O–H groups in total. The first-order chi connectivity index (χ1) is 9.29. The predicted octanol–water partition coefficient (Wildman–Crippen LogP) is 4.47. The lowest BCUT2D eigenvalue weighted by Crippen LogP contribution is -2.43. The van der Waals surface area contributed by atoms with E-state index in [1.807, 2.05) is 0 Å². The van der Waals surface area contributed by atoms with Gasteiger partial charge in [-0.1, -0.05) is 58.8 Å². The normalized spacial score (nSPS) is 21.3. The van der Waals surface area contributed by atoms with Crippen LogP contribution in [0.1, 0.15) is 84.5 Å². The Morgan fingerprint density at radius 3 is 2.42 bits per heavy atom. The van der Waals surface area contributed by atoms with E-state index in [9.17, 15) is 4.79 Å². The summed E-state index contributed by atoms with van der Waals surface area (Å²) in [7, 11) is 0. The number of piperidine rings is 1. The van der Waals surface area contributed by atoms with Crippen LogP contribution in [-0.2, 0) is 4.79 Å². The molecular formula is C17H33NO. The maximum Gasteiger partial charge on any atom is 0.152 e. The second-order valence-corrected chi connectivity index (χ2v) is 6.09. The third kappa shape index (κ3) is 6.56. The second kappa shape index (κ2) is 10.4. The molecule has 1 saturated heterocycles. The minimum absolute atomic E-state index is 0.168. The number of Topliss-reactive ketones (excluding diaryl/α,β-unsaturated/α-hetero) is 1. The molecule has 2 heteroatoms. The van der Waals surface area contributed by atoms with Crippen molar-refractivity contribution in [1.29, 1.82) is 0 Å². The first-order valence-corrected chi connectivity index (χ1v) is 8.56. The number of hydrogen-bond donors (Lipinski definition) is 1. The highest BCUT2D eigenvalue weighted by Gasteiger charge is 2.27. The smallest absolute Gasteiger partial charge is 0.152 e. The molecule has 1 heterocycles. The molecule has 0 bridgehead atoms. The van der Waals surface area contributed by atoms with E-state index in [1.165, 1.54) is 51.4 Å². The van der Waals surface area contributed by atoms with Crippen LogP contribution in [0.25, 0.3) is 0 Å². The molecule has 19 heavy (non-hydrogen) atoms. The quantitative estimate of drug-likeness (QED) is 0.591. The Kier molecular flexibility index (Phi) is 9.15. The van der Waals surface area contributed by atoms with Crippen molar-refractivity contribution in [2.45, 2.75) is 90.5 Å². The summed E-state index contributed by atoms with van der Waals surface area (Å²) in [6.07, 6.45) is 13.3. The zero-order valence-corrected chi connectivity index (χ0v) is 13.0. The van der Waals surface area contributed by atoms with Crippen LogP contribution in [0.5, 0.6) is 0 Å². The van der Waals surface area contributed by atoms with Crippen molar-refractivity contribution in [2.24, 2.45) is 5.92 Å². The van der Waals surface area contributed by atoms with Crippen LogP contribution in [0.3, 0.4) is 0 Å². The molecule has 0 aromatic rings. The number of nitrogens with one attached hydrogen (secondary N) is 1. The molecule has 0 radical (unpaired) electrons. The predicted molar refractivity (Wildman–Crippen MR) is 82.4 cm³/mol. The van der Waals surface area contributed by atoms with Crippen LogP contribution in [-0.4, -0.2) is 18.4 Å². The molecule has 2 nitrogen and oxygen atoms in total. The van der Waals surface area contributed by atoms with Crippen molar-refractivity contribution in [1.82, 2.24) is 5.32 Å². The van der Waals surface area contributed by atoms with Crippen molar-refractivity contribution < 1.29 is 4.79 Å². The molecule has 0 amide bonds. The molecule has 112 valence electrons. The standard InChI is InChI=1S/C17H33NO/c1-3-5-7-8-12-15(11-6-4-2)17(19)16-13-9-10-14-18-16/h15-16,18H,3-14H2,1-2H3. The summed E-state index contributed by atoms with van der Waals surface area (Å²) in [6.45, 7) is 5.50. The van der Waals surface area contributed by atoms with E-state index in [1.54, 1.807) is 0 Å². The molecule has 0 aromatic heterocycles. The Morgan fingerprint density at radius 1 is 1.05 bits per heavy atom. The SMILES string of the molecule is CCCCCCC(CCCC)C(=O)C1CCCCN1. The Labute approximate surface area is 119 Å². The van der Waals surface area contributed by atoms with Gasteiger partial charge in [-0.05, 0) is 32.2 Å². The van der Waals surface area contributed by atoms with Gasteiger partial charge in [0.25, 0.3) is 0 Å². The average Bonchev–Trinajstić information content (AvgIpc) is 2.47. The lowest BCUT2D eigenvalue weighted by atomic mass is 9.85. The third-order valence-electron chi connectivity index (χ3n) is 4.37. The maximum atomic E-state index is 12.6. The van der Waals surface area contributed by atoms with Crippen molar-refractivity contribution in [3.05, 3.63) is 0 Å². The van der Waals surface area contributed by atoms with Gasteiger partial charge in [0.1, 0.15) is 0 Å². The van der Waals surface area contributed by atoms with Gasteiger partial charge in [-0.3, -0.25) is 4.79 Å². The van der Waals surface area contributed by atoms with E-state index in [-0.39, 0.29) is 6.04 Å². The summed E-state index contributed by atoms with van der Waals surface area (Å²) in [5, 5.41) is 3.43. The molecule has 0 saturated carbocycles. The van der Waals surface area contributed by atoms with Gasteiger partial charge in [-0.2, -0.15) is 0 Å². The van der Waals surface area contributed by atoms with Gasteiger partial charge in [0.2, 0.25) is 0 Å². The Morgan fingerprint density at radius 2 is 1.79 bits per heavy atom. The van der Waals surface area contributed by atoms with E-state index < -0.39 is 0 Å². The van der Waals surface area contributed by atoms with Crippen LogP contribution in [0.2, 0.25) is 0 Å². The van der Waals surface area contributed by atoms with Gasteiger partial charge in [0, 0.05) is 5.92 Å². The van der Waals surface area contributed by atoms with E-state index in [0.717, 1.165) is 25.8 Å². The van der Waals surface area contributed by atoms with Crippen molar-refractivity contribution in [3.63, 3.8) is 0 Å². The second-order valence-electron chi connectivity index (χ2n) is 6.09. The van der Waals surface area contributed by atoms with E-state index >= 15 is 0 Å². The highest BCUT2D eigenvalue weighted by Crippen LogP contribution is 2.22. The van der Waals surface area contributed by atoms with Gasteiger partial charge < -0.3 is 5.32 Å². The van der Waals surface area contributed by atoms with Crippen LogP contribution in [0.15, 0.2) is 0 Å². The highest BCUT2D eigenvalue weighted by atomic mass is 16.1. The molecule has 0 aromatic carbocycles. The zero-order chi connectivity index (χ0) is 13.9. The van der Waals surface area contributed by atoms with Gasteiger partial charge in [-0.15, -0.1) is 0 Å². The molecule has 1 aliphatic heterocycles. The Hall–Kier alpha value is -0.370. The van der Waals surface area contributed by atoms with Crippen LogP contribution < -0.4 is 5.32 Å². The third-order valence-corrected chi connectivity index (χ3v) is 4.37. The van der Waals surface area contributed by atoms with Gasteiger partial charge in [0.05, 0.1) is 6.04 Å². The number of carbonyl (C=O) groups excluding carboxylic acids is 1. The van der Waals surface area contributed by atoms with Crippen molar-refractivity contribution in [2.75, 3.05) is 6.54 Å². The van der Waals surface area contributed by atoms with Gasteiger partial charge in [-0.25, -0.2) is 0 Å². The average molecular weight is 267 g/mol. The number of hydrogen-bond acceptors (Lipinski definition) is 2. The first-order valence-electron chi connectivity index (χ1n) is 8.56. The number of carbonyl (C=O) groups is 1. The molecule has 1 rings (SSSR count). The summed E-state index contributed by atoms with van der Waals surface area (Å²) in [6, 6.07) is 0.168. The number of rotatable bonds is 10. The molecule has 1 fully saturated rings. The molecule has 0 spiro atoms. The number of ketones is 1. The van der Waals surface area contributed by atoms with E-state index in [4.69, 9.17) is 0 Å². The molecule has 2 atom stereocenters. The minimum Gasteiger partial charge on any atom is -0.307 e. The molecule has 2 unspecified atom stereocenters. The van der Waals surface area contributed by atoms with Crippen LogP contribution in [0.4, 0.5) is 0 Å². The number of unbranched alkanes of at least 4 members (excludes halogenated alkanes) is 4. The minimum atomic E-state index is 0.168. The van der Waals surface area contributed by atoms with Crippen LogP contribution in [0, 0.1) is 5.92 Å². The topological polar surface area (TPSA) is 29.1 Å². The Balaban J connectivity index is 2.38. The molecule has 0 aliphatic carbocycles. The summed E-state index contributed by atoms with van der Waals surface area (Å²) >= 11 is 0. The van der Waals surface area contributed by atoms with Crippen molar-refractivity contribution >= 4 is 5.78 Å². The van der Waals surface area contributed by atoms with Gasteiger partial charge >= 0.3 is 0 Å². The van der Waals surface area contributed by atoms with Crippen molar-refractivity contribution in [3.8, 4) is 0 Å². The molecular weight excluding hydrogens is 234 g/mol. The fraction of sp³-hybridized carbons (Fsp3) is 0.941. The van der Waals surface area contributed by atoms with E-state index in [0.29, 0.717) is 11.7 Å². The first kappa shape index (κ1) is 16.7. The largest absolute Gasteiger partial charge is 0.307 e. The van der Waals surface area contributed by atoms with E-state index in [2.05, 4.69) is 19.2 Å². The summed E-state index contributed by atoms with van der Waals surface area (Å²) < 4.78 is 0. The lowest BCUT2D eigenvalue weighted by Gasteiger charge is -2.26. The lowest BCUT2D eigenvalue weighted by molar-refractivity contribution is -0.126. The summed E-state index contributed by atoms with van der Waals surface area (Å²) in [5.41, 5.74) is 0. The monoisotopic (exact) mass is 267 g/mol. The molecule has 1 aliphatic rings. The summed E-state index contributed by atoms with van der Waals surface area (Å²) in [4.78, 5) is 12.6. The zero-order valence-electron chi connectivity index (χ0n) is 13.0. The Bertz CT molecular complexity index is 233. The fourth-order valence-electron chi connectivity index (χ4n) is 3.08. The fourth-order valence-corrected chi connectivity index (χ4v) is 3.08. The highest BCUT2D eigenvalue weighted by molar-refractivity contribution is 5.86. The summed E-state index contributed by atoms with van der Waals surface area (Å²) in [5.74, 6) is 0.844.